The molecule has 3 aromatic rings. The van der Waals surface area contributed by atoms with E-state index in [1.165, 1.54) is 37.2 Å². The Balaban J connectivity index is 1.44. The summed E-state index contributed by atoms with van der Waals surface area (Å²) in [6, 6.07) is 11.8. The molecule has 0 bridgehead atoms. The fourth-order valence-electron chi connectivity index (χ4n) is 2.55. The zero-order valence-electron chi connectivity index (χ0n) is 15.3. The number of unbranched alkanes of at least 4 members (excludes halogenated alkanes) is 4. The fourth-order valence-corrected chi connectivity index (χ4v) is 4.52. The van der Waals surface area contributed by atoms with Gasteiger partial charge in [0.25, 0.3) is 0 Å². The number of rotatable bonds is 10. The van der Waals surface area contributed by atoms with Crippen LogP contribution in [-0.2, 0) is 4.79 Å². The van der Waals surface area contributed by atoms with Gasteiger partial charge in [0.05, 0.1) is 16.4 Å². The topological polar surface area (TPSA) is 67.5 Å². The third kappa shape index (κ3) is 6.22. The van der Waals surface area contributed by atoms with Crippen LogP contribution in [-0.4, -0.2) is 17.1 Å². The highest BCUT2D eigenvalue weighted by molar-refractivity contribution is 8.01. The summed E-state index contributed by atoms with van der Waals surface area (Å²) in [5.41, 5.74) is 3.55. The largest absolute Gasteiger partial charge is 0.448 e. The van der Waals surface area contributed by atoms with Crippen molar-refractivity contribution in [1.29, 1.82) is 0 Å². The minimum absolute atomic E-state index is 0.0571. The molecule has 0 fully saturated rings. The summed E-state index contributed by atoms with van der Waals surface area (Å²) in [4.78, 5) is 16.3. The Morgan fingerprint density at radius 1 is 1.22 bits per heavy atom. The first-order valence-corrected chi connectivity index (χ1v) is 10.8. The second kappa shape index (κ2) is 10.3. The lowest BCUT2D eigenvalue weighted by Gasteiger charge is -1.99. The van der Waals surface area contributed by atoms with E-state index in [1.807, 2.05) is 30.3 Å². The number of carbonyl (C=O) groups excluding carboxylic acids is 1. The van der Waals surface area contributed by atoms with E-state index in [9.17, 15) is 4.79 Å². The Labute approximate surface area is 167 Å². The Morgan fingerprint density at radius 2 is 2.07 bits per heavy atom. The molecule has 0 spiro atoms. The third-order valence-electron chi connectivity index (χ3n) is 3.95. The number of aromatic nitrogens is 1. The monoisotopic (exact) mass is 401 g/mol. The Hall–Kier alpha value is -2.12. The number of hydrazone groups is 1. The lowest BCUT2D eigenvalue weighted by atomic mass is 10.1. The van der Waals surface area contributed by atoms with Crippen molar-refractivity contribution < 1.29 is 9.21 Å². The highest BCUT2D eigenvalue weighted by Gasteiger charge is 2.08. The van der Waals surface area contributed by atoms with Crippen LogP contribution in [0.1, 0.15) is 51.2 Å². The van der Waals surface area contributed by atoms with Gasteiger partial charge in [-0.05, 0) is 42.4 Å². The van der Waals surface area contributed by atoms with Gasteiger partial charge >= 0.3 is 0 Å². The number of nitrogens with zero attached hydrogens (tertiary/aromatic N) is 2. The molecule has 0 aliphatic rings. The van der Waals surface area contributed by atoms with Crippen molar-refractivity contribution in [3.63, 3.8) is 0 Å². The maximum Gasteiger partial charge on any atom is 0.240 e. The zero-order valence-corrected chi connectivity index (χ0v) is 16.9. The van der Waals surface area contributed by atoms with Crippen molar-refractivity contribution in [2.75, 3.05) is 0 Å². The van der Waals surface area contributed by atoms with Crippen molar-refractivity contribution in [2.24, 2.45) is 5.10 Å². The summed E-state index contributed by atoms with van der Waals surface area (Å²) < 4.78 is 7.81. The van der Waals surface area contributed by atoms with E-state index in [0.717, 1.165) is 32.5 Å². The van der Waals surface area contributed by atoms with Crippen LogP contribution in [0.15, 0.2) is 55.3 Å². The third-order valence-corrected chi connectivity index (χ3v) is 5.97. The summed E-state index contributed by atoms with van der Waals surface area (Å²) in [6.07, 6.45) is 7.67. The van der Waals surface area contributed by atoms with E-state index < -0.39 is 0 Å². The number of hydrogen-bond acceptors (Lipinski definition) is 6. The van der Waals surface area contributed by atoms with Gasteiger partial charge in [-0.2, -0.15) is 5.10 Å². The normalized spacial score (nSPS) is 11.4. The van der Waals surface area contributed by atoms with Gasteiger partial charge in [-0.3, -0.25) is 4.79 Å². The number of carbonyl (C=O) groups is 1. The summed E-state index contributed by atoms with van der Waals surface area (Å²) in [5, 5.41) is 4.72. The number of para-hydroxylation sites is 1. The molecule has 1 amide bonds. The van der Waals surface area contributed by atoms with E-state index in [1.54, 1.807) is 11.3 Å². The first kappa shape index (κ1) is 19.6. The number of benzene rings is 1. The molecule has 7 heteroatoms. The van der Waals surface area contributed by atoms with Crippen LogP contribution in [0.25, 0.3) is 10.2 Å². The van der Waals surface area contributed by atoms with Gasteiger partial charge in [-0.1, -0.05) is 44.7 Å². The Bertz CT molecular complexity index is 868. The van der Waals surface area contributed by atoms with E-state index >= 15 is 0 Å². The summed E-state index contributed by atoms with van der Waals surface area (Å²) >= 11 is 3.12. The van der Waals surface area contributed by atoms with Gasteiger partial charge in [-0.15, -0.1) is 11.3 Å². The first-order chi connectivity index (χ1) is 13.2. The molecule has 2 heterocycles. The molecule has 1 N–H and O–H groups in total. The van der Waals surface area contributed by atoms with Gasteiger partial charge in [0.15, 0.2) is 9.43 Å². The highest BCUT2D eigenvalue weighted by atomic mass is 32.2. The standard InChI is InChI=1S/C20H23N3O2S2/c1-2-3-4-5-6-11-18(24)23-21-14-15-12-13-19(25-15)27-20-22-16-9-7-8-10-17(16)26-20/h7-10,12-14H,2-6,11H2,1H3,(H,23,24). The molecule has 0 aliphatic carbocycles. The number of hydrogen-bond donors (Lipinski definition) is 1. The smallest absolute Gasteiger partial charge is 0.240 e. The molecule has 0 saturated heterocycles. The van der Waals surface area contributed by atoms with E-state index in [0.29, 0.717) is 12.2 Å². The zero-order chi connectivity index (χ0) is 18.9. The molecule has 27 heavy (non-hydrogen) atoms. The van der Waals surface area contributed by atoms with Gasteiger partial charge in [-0.25, -0.2) is 10.4 Å². The SMILES string of the molecule is CCCCCCCC(=O)NN=Cc1ccc(Sc2nc3ccccc3s2)o1. The van der Waals surface area contributed by atoms with Crippen LogP contribution >= 0.6 is 23.1 Å². The summed E-state index contributed by atoms with van der Waals surface area (Å²) in [5.74, 6) is 0.542. The van der Waals surface area contributed by atoms with E-state index in [-0.39, 0.29) is 5.91 Å². The van der Waals surface area contributed by atoms with Crippen LogP contribution in [0, 0.1) is 0 Å². The van der Waals surface area contributed by atoms with Gasteiger partial charge < -0.3 is 4.42 Å². The maximum absolute atomic E-state index is 11.7. The second-order valence-electron chi connectivity index (χ2n) is 6.16. The van der Waals surface area contributed by atoms with Crippen molar-refractivity contribution in [3.05, 3.63) is 42.2 Å². The number of amides is 1. The molecule has 5 nitrogen and oxygen atoms in total. The molecule has 3 rings (SSSR count). The van der Waals surface area contributed by atoms with Gasteiger partial charge in [0, 0.05) is 6.42 Å². The summed E-state index contributed by atoms with van der Waals surface area (Å²) in [6.45, 7) is 2.18. The van der Waals surface area contributed by atoms with E-state index in [2.05, 4.69) is 28.5 Å². The molecule has 0 saturated carbocycles. The van der Waals surface area contributed by atoms with Crippen LogP contribution < -0.4 is 5.43 Å². The minimum atomic E-state index is -0.0571. The number of furan rings is 1. The Kier molecular flexibility index (Phi) is 7.47. The van der Waals surface area contributed by atoms with Crippen LogP contribution in [0.4, 0.5) is 0 Å². The molecule has 0 unspecified atom stereocenters. The van der Waals surface area contributed by atoms with Crippen LogP contribution in [0.5, 0.6) is 0 Å². The maximum atomic E-state index is 11.7. The quantitative estimate of drug-likeness (QED) is 0.263. The Morgan fingerprint density at radius 3 is 2.93 bits per heavy atom. The lowest BCUT2D eigenvalue weighted by molar-refractivity contribution is -0.121. The number of thiazole rings is 1. The van der Waals surface area contributed by atoms with Crippen LogP contribution in [0.2, 0.25) is 0 Å². The molecule has 0 atom stereocenters. The molecular formula is C20H23N3O2S2. The van der Waals surface area contributed by atoms with Crippen molar-refractivity contribution in [2.45, 2.75) is 54.9 Å². The summed E-state index contributed by atoms with van der Waals surface area (Å²) in [7, 11) is 0. The average molecular weight is 402 g/mol. The molecule has 0 radical (unpaired) electrons. The van der Waals surface area contributed by atoms with Crippen molar-refractivity contribution in [3.8, 4) is 0 Å². The highest BCUT2D eigenvalue weighted by Crippen LogP contribution is 2.34. The molecule has 2 aromatic heterocycles. The minimum Gasteiger partial charge on any atom is -0.448 e. The number of fused-ring (bicyclic) bond motifs is 1. The average Bonchev–Trinajstić information content (AvgIpc) is 3.28. The second-order valence-corrected chi connectivity index (χ2v) is 8.45. The number of nitrogens with one attached hydrogen (secondary N) is 1. The molecule has 142 valence electrons. The van der Waals surface area contributed by atoms with Crippen molar-refractivity contribution in [1.82, 2.24) is 10.4 Å². The van der Waals surface area contributed by atoms with Gasteiger partial charge in [0.2, 0.25) is 5.91 Å². The fraction of sp³-hybridized carbons (Fsp3) is 0.350. The van der Waals surface area contributed by atoms with Gasteiger partial charge in [0.1, 0.15) is 5.76 Å². The first-order valence-electron chi connectivity index (χ1n) is 9.20. The predicted octanol–water partition coefficient (Wildman–Crippen LogP) is 5.85. The van der Waals surface area contributed by atoms with Crippen LogP contribution in [0.3, 0.4) is 0 Å². The molecular weight excluding hydrogens is 378 g/mol. The lowest BCUT2D eigenvalue weighted by Crippen LogP contribution is -2.16. The molecule has 1 aromatic carbocycles. The molecule has 0 aliphatic heterocycles. The van der Waals surface area contributed by atoms with Crippen molar-refractivity contribution >= 4 is 45.4 Å². The van der Waals surface area contributed by atoms with E-state index in [4.69, 9.17) is 4.42 Å². The predicted molar refractivity (Wildman–Crippen MR) is 112 cm³/mol.